The number of nitrogens with one attached hydrogen (secondary N) is 1. The molecule has 0 fully saturated rings. The molecule has 4 aromatic rings. The Kier molecular flexibility index (Phi) is 6.20. The first-order valence-electron chi connectivity index (χ1n) is 10.5. The Bertz CT molecular complexity index is 1460. The van der Waals surface area contributed by atoms with Crippen molar-refractivity contribution in [3.05, 3.63) is 96.8 Å². The van der Waals surface area contributed by atoms with Crippen molar-refractivity contribution < 1.29 is 4.79 Å². The van der Waals surface area contributed by atoms with Gasteiger partial charge in [-0.05, 0) is 43.7 Å². The van der Waals surface area contributed by atoms with E-state index >= 15 is 0 Å². The summed E-state index contributed by atoms with van der Waals surface area (Å²) in [5.74, 6) is 0.849. The van der Waals surface area contributed by atoms with Gasteiger partial charge in [-0.25, -0.2) is 0 Å². The van der Waals surface area contributed by atoms with Gasteiger partial charge in [-0.15, -0.1) is 21.5 Å². The van der Waals surface area contributed by atoms with Crippen LogP contribution >= 0.6 is 46.1 Å². The number of amides is 1. The average Bonchev–Trinajstić information content (AvgIpc) is 3.39. The highest BCUT2D eigenvalue weighted by Gasteiger charge is 2.31. The molecule has 10 heteroatoms. The molecule has 1 aliphatic heterocycles. The average molecular weight is 531 g/mol. The van der Waals surface area contributed by atoms with Crippen molar-refractivity contribution in [2.24, 2.45) is 4.99 Å². The number of rotatable bonds is 4. The number of aryl methyl sites for hydroxylation is 2. The summed E-state index contributed by atoms with van der Waals surface area (Å²) in [6.07, 6.45) is 0.0701. The molecule has 0 radical (unpaired) electrons. The number of thiophene rings is 1. The molecule has 172 valence electrons. The molecule has 0 spiro atoms. The Hall–Kier alpha value is -2.71. The number of carbonyl (C=O) groups excluding carboxylic acids is 1. The summed E-state index contributed by atoms with van der Waals surface area (Å²) in [7, 11) is 0. The highest BCUT2D eigenvalue weighted by atomic mass is 35.5. The van der Waals surface area contributed by atoms with Gasteiger partial charge in [0.2, 0.25) is 0 Å². The van der Waals surface area contributed by atoms with E-state index in [1.54, 1.807) is 23.5 Å². The first-order chi connectivity index (χ1) is 16.4. The van der Waals surface area contributed by atoms with Crippen LogP contribution < -0.4 is 5.32 Å². The molecular weight excluding hydrogens is 513 g/mol. The molecule has 0 saturated heterocycles. The van der Waals surface area contributed by atoms with Gasteiger partial charge in [0, 0.05) is 26.6 Å². The third-order valence-electron chi connectivity index (χ3n) is 5.50. The third kappa shape index (κ3) is 4.03. The molecule has 5 rings (SSSR count). The predicted octanol–water partition coefficient (Wildman–Crippen LogP) is 6.44. The molecule has 3 heterocycles. The second kappa shape index (κ2) is 9.15. The number of aromatic nitrogens is 3. The van der Waals surface area contributed by atoms with Crippen LogP contribution in [0.5, 0.6) is 0 Å². The number of carbonyl (C=O) groups is 1. The first kappa shape index (κ1) is 23.1. The zero-order valence-electron chi connectivity index (χ0n) is 18.1. The summed E-state index contributed by atoms with van der Waals surface area (Å²) < 4.78 is 1.95. The van der Waals surface area contributed by atoms with Crippen LogP contribution in [0, 0.1) is 6.92 Å². The summed E-state index contributed by atoms with van der Waals surface area (Å²) >= 11 is 20.4. The normalized spacial score (nSPS) is 14.7. The van der Waals surface area contributed by atoms with Crippen LogP contribution in [0.15, 0.2) is 53.5 Å². The highest BCUT2D eigenvalue weighted by molar-refractivity contribution is 7.15. The number of nitrogens with zero attached hydrogens (tertiary/aromatic N) is 4. The van der Waals surface area contributed by atoms with Crippen LogP contribution in [0.2, 0.25) is 15.1 Å². The van der Waals surface area contributed by atoms with Crippen molar-refractivity contribution in [3.8, 4) is 5.00 Å². The first-order valence-corrected chi connectivity index (χ1v) is 12.5. The van der Waals surface area contributed by atoms with E-state index < -0.39 is 6.17 Å². The minimum Gasteiger partial charge on any atom is -0.324 e. The third-order valence-corrected chi connectivity index (χ3v) is 7.83. The molecule has 1 N–H and O–H groups in total. The second-order valence-corrected chi connectivity index (χ2v) is 10.0. The molecule has 0 aliphatic carbocycles. The summed E-state index contributed by atoms with van der Waals surface area (Å²) in [5, 5.41) is 13.8. The van der Waals surface area contributed by atoms with Gasteiger partial charge in [0.1, 0.15) is 10.8 Å². The van der Waals surface area contributed by atoms with Crippen molar-refractivity contribution in [2.75, 3.05) is 0 Å². The van der Waals surface area contributed by atoms with Crippen LogP contribution in [0.3, 0.4) is 0 Å². The molecule has 0 saturated carbocycles. The van der Waals surface area contributed by atoms with Crippen molar-refractivity contribution >= 4 is 57.8 Å². The van der Waals surface area contributed by atoms with E-state index in [0.29, 0.717) is 38.0 Å². The smallest absolute Gasteiger partial charge is 0.253 e. The van der Waals surface area contributed by atoms with Gasteiger partial charge in [0.05, 0.1) is 15.8 Å². The van der Waals surface area contributed by atoms with Gasteiger partial charge in [-0.3, -0.25) is 14.4 Å². The van der Waals surface area contributed by atoms with Crippen molar-refractivity contribution in [1.29, 1.82) is 0 Å². The SMILES string of the molecule is CCc1cc2c(s1)-n1c(C)nnc1C(NC(=O)c1ccc(Cl)c(Cl)c1)N=C2c1ccccc1Cl. The van der Waals surface area contributed by atoms with Gasteiger partial charge < -0.3 is 5.32 Å². The van der Waals surface area contributed by atoms with E-state index in [0.717, 1.165) is 22.5 Å². The summed E-state index contributed by atoms with van der Waals surface area (Å²) in [6.45, 7) is 3.99. The van der Waals surface area contributed by atoms with Crippen LogP contribution in [0.4, 0.5) is 0 Å². The molecular formula is C24H18Cl3N5OS. The number of fused-ring (bicyclic) bond motifs is 3. The monoisotopic (exact) mass is 529 g/mol. The van der Waals surface area contributed by atoms with Crippen LogP contribution in [0.1, 0.15) is 51.1 Å². The molecule has 2 aromatic carbocycles. The largest absolute Gasteiger partial charge is 0.324 e. The Balaban J connectivity index is 1.68. The maximum absolute atomic E-state index is 13.2. The van der Waals surface area contributed by atoms with E-state index in [-0.39, 0.29) is 5.91 Å². The summed E-state index contributed by atoms with van der Waals surface area (Å²) in [5.41, 5.74) is 2.74. The molecule has 6 nitrogen and oxygen atoms in total. The molecule has 1 unspecified atom stereocenters. The quantitative estimate of drug-likeness (QED) is 0.330. The fourth-order valence-corrected chi connectivity index (χ4v) is 5.49. The lowest BCUT2D eigenvalue weighted by Gasteiger charge is -2.15. The topological polar surface area (TPSA) is 72.2 Å². The number of hydrogen-bond donors (Lipinski definition) is 1. The van der Waals surface area contributed by atoms with Crippen molar-refractivity contribution in [3.63, 3.8) is 0 Å². The van der Waals surface area contributed by atoms with Gasteiger partial charge >= 0.3 is 0 Å². The van der Waals surface area contributed by atoms with Crippen molar-refractivity contribution in [2.45, 2.75) is 26.4 Å². The lowest BCUT2D eigenvalue weighted by atomic mass is 10.0. The fourth-order valence-electron chi connectivity index (χ4n) is 3.81. The van der Waals surface area contributed by atoms with E-state index in [2.05, 4.69) is 28.5 Å². The Morgan fingerprint density at radius 3 is 2.56 bits per heavy atom. The molecule has 1 amide bonds. The molecule has 1 atom stereocenters. The molecule has 2 aromatic heterocycles. The van der Waals surface area contributed by atoms with Gasteiger partial charge in [-0.2, -0.15) is 0 Å². The number of benzene rings is 2. The number of aliphatic imine (C=N–C) groups is 1. The Morgan fingerprint density at radius 1 is 1.03 bits per heavy atom. The van der Waals surface area contributed by atoms with E-state index in [1.807, 2.05) is 35.8 Å². The van der Waals surface area contributed by atoms with Gasteiger partial charge in [0.15, 0.2) is 12.0 Å². The maximum Gasteiger partial charge on any atom is 0.253 e. The second-order valence-electron chi connectivity index (χ2n) is 7.69. The Labute approximate surface area is 215 Å². The molecule has 0 bridgehead atoms. The minimum absolute atomic E-state index is 0.295. The lowest BCUT2D eigenvalue weighted by Crippen LogP contribution is -2.29. The standard InChI is InChI=1S/C24H18Cl3N5OS/c1-3-14-11-16-20(15-6-4-5-7-17(15)25)28-21(22-31-30-12(2)32(22)24(16)34-14)29-23(33)13-8-9-18(26)19(27)10-13/h4-11,21H,3H2,1-2H3,(H,29,33). The van der Waals surface area contributed by atoms with Crippen LogP contribution in [0.25, 0.3) is 5.00 Å². The van der Waals surface area contributed by atoms with Crippen LogP contribution in [-0.2, 0) is 6.42 Å². The lowest BCUT2D eigenvalue weighted by molar-refractivity contribution is 0.0936. The zero-order chi connectivity index (χ0) is 24.0. The van der Waals surface area contributed by atoms with Crippen molar-refractivity contribution in [1.82, 2.24) is 20.1 Å². The van der Waals surface area contributed by atoms with E-state index in [9.17, 15) is 4.79 Å². The van der Waals surface area contributed by atoms with E-state index in [1.165, 1.54) is 10.9 Å². The maximum atomic E-state index is 13.2. The zero-order valence-corrected chi connectivity index (χ0v) is 21.2. The Morgan fingerprint density at radius 2 is 1.82 bits per heavy atom. The summed E-state index contributed by atoms with van der Waals surface area (Å²) in [6, 6.07) is 14.4. The number of halogens is 3. The summed E-state index contributed by atoms with van der Waals surface area (Å²) in [4.78, 5) is 19.3. The van der Waals surface area contributed by atoms with Gasteiger partial charge in [-0.1, -0.05) is 59.9 Å². The fraction of sp³-hybridized carbons (Fsp3) is 0.167. The van der Waals surface area contributed by atoms with E-state index in [4.69, 9.17) is 39.8 Å². The number of hydrogen-bond acceptors (Lipinski definition) is 5. The highest BCUT2D eigenvalue weighted by Crippen LogP contribution is 2.37. The predicted molar refractivity (Wildman–Crippen MR) is 137 cm³/mol. The molecule has 34 heavy (non-hydrogen) atoms. The van der Waals surface area contributed by atoms with Gasteiger partial charge in [0.25, 0.3) is 5.91 Å². The van der Waals surface area contributed by atoms with Crippen LogP contribution in [-0.4, -0.2) is 26.4 Å². The minimum atomic E-state index is -0.806. The molecule has 1 aliphatic rings.